The number of rotatable bonds is 8. The fourth-order valence-corrected chi connectivity index (χ4v) is 3.44. The summed E-state index contributed by atoms with van der Waals surface area (Å²) >= 11 is 0. The standard InChI is InChI=1S/C18H22N4O4S/c1-14(23)21-16-6-8-17(9-7-16)27(25,26)22(2)13-18(24)20-12-10-15-5-3-4-11-19-15/h3-9,11H,10,12-13H2,1-2H3,(H,20,24)(H,21,23). The molecule has 1 heterocycles. The number of pyridine rings is 1. The van der Waals surface area contributed by atoms with Gasteiger partial charge in [0.25, 0.3) is 0 Å². The van der Waals surface area contributed by atoms with Gasteiger partial charge in [-0.05, 0) is 36.4 Å². The lowest BCUT2D eigenvalue weighted by Crippen LogP contribution is -2.39. The van der Waals surface area contributed by atoms with Crippen LogP contribution in [-0.4, -0.2) is 49.7 Å². The van der Waals surface area contributed by atoms with Crippen LogP contribution in [0.2, 0.25) is 0 Å². The van der Waals surface area contributed by atoms with Crippen LogP contribution in [0.5, 0.6) is 0 Å². The predicted octanol–water partition coefficient (Wildman–Crippen LogP) is 1.02. The van der Waals surface area contributed by atoms with E-state index < -0.39 is 15.9 Å². The first-order chi connectivity index (χ1) is 12.8. The molecule has 1 aromatic heterocycles. The molecule has 0 aliphatic heterocycles. The molecule has 0 unspecified atom stereocenters. The van der Waals surface area contributed by atoms with Crippen LogP contribution >= 0.6 is 0 Å². The molecule has 0 saturated heterocycles. The van der Waals surface area contributed by atoms with E-state index in [1.165, 1.54) is 38.2 Å². The van der Waals surface area contributed by atoms with Crippen molar-refractivity contribution >= 4 is 27.5 Å². The highest BCUT2D eigenvalue weighted by molar-refractivity contribution is 7.89. The van der Waals surface area contributed by atoms with Gasteiger partial charge >= 0.3 is 0 Å². The van der Waals surface area contributed by atoms with E-state index in [1.807, 2.05) is 18.2 Å². The zero-order valence-corrected chi connectivity index (χ0v) is 16.0. The van der Waals surface area contributed by atoms with Crippen LogP contribution in [0.1, 0.15) is 12.6 Å². The van der Waals surface area contributed by atoms with Gasteiger partial charge in [0.2, 0.25) is 21.8 Å². The normalized spacial score (nSPS) is 11.2. The van der Waals surface area contributed by atoms with Crippen molar-refractivity contribution in [3.8, 4) is 0 Å². The van der Waals surface area contributed by atoms with Crippen LogP contribution in [0, 0.1) is 0 Å². The Labute approximate surface area is 158 Å². The van der Waals surface area contributed by atoms with Gasteiger partial charge in [0.1, 0.15) is 0 Å². The Morgan fingerprint density at radius 1 is 1.11 bits per heavy atom. The van der Waals surface area contributed by atoms with Crippen LogP contribution in [0.3, 0.4) is 0 Å². The van der Waals surface area contributed by atoms with Crippen LogP contribution in [0.4, 0.5) is 5.69 Å². The Kier molecular flexibility index (Phi) is 7.03. The second-order valence-electron chi connectivity index (χ2n) is 5.89. The maximum Gasteiger partial charge on any atom is 0.243 e. The Morgan fingerprint density at radius 3 is 2.41 bits per heavy atom. The third kappa shape index (κ3) is 6.15. The minimum Gasteiger partial charge on any atom is -0.355 e. The van der Waals surface area contributed by atoms with E-state index in [0.717, 1.165) is 10.00 Å². The number of amides is 2. The molecule has 0 spiro atoms. The molecule has 0 saturated carbocycles. The zero-order valence-electron chi connectivity index (χ0n) is 15.2. The fourth-order valence-electron chi connectivity index (χ4n) is 2.31. The molecule has 0 radical (unpaired) electrons. The van der Waals surface area contributed by atoms with Crippen molar-refractivity contribution in [2.75, 3.05) is 25.5 Å². The summed E-state index contributed by atoms with van der Waals surface area (Å²) in [6.07, 6.45) is 2.24. The number of anilines is 1. The summed E-state index contributed by atoms with van der Waals surface area (Å²) in [4.78, 5) is 27.2. The van der Waals surface area contributed by atoms with Gasteiger partial charge in [-0.3, -0.25) is 14.6 Å². The summed E-state index contributed by atoms with van der Waals surface area (Å²) in [6.45, 7) is 1.44. The molecule has 0 aliphatic carbocycles. The molecule has 144 valence electrons. The lowest BCUT2D eigenvalue weighted by molar-refractivity contribution is -0.121. The van der Waals surface area contributed by atoms with Crippen molar-refractivity contribution in [3.63, 3.8) is 0 Å². The highest BCUT2D eigenvalue weighted by atomic mass is 32.2. The first kappa shape index (κ1) is 20.5. The monoisotopic (exact) mass is 390 g/mol. The number of carbonyl (C=O) groups is 2. The molecule has 0 fully saturated rings. The molecule has 0 bridgehead atoms. The number of sulfonamides is 1. The van der Waals surface area contributed by atoms with Gasteiger partial charge in [-0.15, -0.1) is 0 Å². The summed E-state index contributed by atoms with van der Waals surface area (Å²) in [5, 5.41) is 5.25. The molecule has 0 atom stereocenters. The van der Waals surface area contributed by atoms with Gasteiger partial charge < -0.3 is 10.6 Å². The molecule has 1 aromatic carbocycles. The van der Waals surface area contributed by atoms with E-state index in [1.54, 1.807) is 6.20 Å². The number of nitrogens with zero attached hydrogens (tertiary/aromatic N) is 2. The third-order valence-corrected chi connectivity index (χ3v) is 5.50. The lowest BCUT2D eigenvalue weighted by atomic mass is 10.3. The molecule has 0 aliphatic rings. The van der Waals surface area contributed by atoms with E-state index in [-0.39, 0.29) is 17.3 Å². The third-order valence-electron chi connectivity index (χ3n) is 3.68. The predicted molar refractivity (Wildman–Crippen MR) is 102 cm³/mol. The van der Waals surface area contributed by atoms with Crippen LogP contribution < -0.4 is 10.6 Å². The first-order valence-electron chi connectivity index (χ1n) is 8.29. The van der Waals surface area contributed by atoms with Crippen LogP contribution in [0.25, 0.3) is 0 Å². The Morgan fingerprint density at radius 2 is 1.81 bits per heavy atom. The van der Waals surface area contributed by atoms with Crippen LogP contribution in [-0.2, 0) is 26.0 Å². The molecule has 2 N–H and O–H groups in total. The first-order valence-corrected chi connectivity index (χ1v) is 9.73. The summed E-state index contributed by atoms with van der Waals surface area (Å²) < 4.78 is 26.1. The molecule has 27 heavy (non-hydrogen) atoms. The number of carbonyl (C=O) groups excluding carboxylic acids is 2. The molecule has 2 aromatic rings. The van der Waals surface area contributed by atoms with Gasteiger partial charge in [0.15, 0.2) is 0 Å². The van der Waals surface area contributed by atoms with Crippen LogP contribution in [0.15, 0.2) is 53.6 Å². The van der Waals surface area contributed by atoms with E-state index in [4.69, 9.17) is 0 Å². The topological polar surface area (TPSA) is 108 Å². The number of nitrogens with one attached hydrogen (secondary N) is 2. The van der Waals surface area contributed by atoms with E-state index >= 15 is 0 Å². The Balaban J connectivity index is 1.90. The maximum absolute atomic E-state index is 12.5. The van der Waals surface area contributed by atoms with Gasteiger partial charge in [-0.1, -0.05) is 6.07 Å². The highest BCUT2D eigenvalue weighted by Crippen LogP contribution is 2.17. The van der Waals surface area contributed by atoms with Crippen molar-refractivity contribution in [2.45, 2.75) is 18.2 Å². The van der Waals surface area contributed by atoms with Crippen molar-refractivity contribution in [3.05, 3.63) is 54.4 Å². The Hall–Kier alpha value is -2.78. The number of hydrogen-bond donors (Lipinski definition) is 2. The second-order valence-corrected chi connectivity index (χ2v) is 7.93. The van der Waals surface area contributed by atoms with Gasteiger partial charge in [-0.25, -0.2) is 8.42 Å². The Bertz CT molecular complexity index is 883. The van der Waals surface area contributed by atoms with Crippen molar-refractivity contribution < 1.29 is 18.0 Å². The molecule has 2 amide bonds. The second kappa shape index (κ2) is 9.24. The van der Waals surface area contributed by atoms with Crippen molar-refractivity contribution in [2.24, 2.45) is 0 Å². The summed E-state index contributed by atoms with van der Waals surface area (Å²) in [5.74, 6) is -0.642. The SMILES string of the molecule is CC(=O)Nc1ccc(S(=O)(=O)N(C)CC(=O)NCCc2ccccn2)cc1. The van der Waals surface area contributed by atoms with Crippen molar-refractivity contribution in [1.82, 2.24) is 14.6 Å². The summed E-state index contributed by atoms with van der Waals surface area (Å²) in [5.41, 5.74) is 1.34. The smallest absolute Gasteiger partial charge is 0.243 e. The van der Waals surface area contributed by atoms with E-state index in [9.17, 15) is 18.0 Å². The summed E-state index contributed by atoms with van der Waals surface area (Å²) in [7, 11) is -2.47. The fraction of sp³-hybridized carbons (Fsp3) is 0.278. The minimum absolute atomic E-state index is 0.0420. The molecular formula is C18H22N4O4S. The number of hydrogen-bond acceptors (Lipinski definition) is 5. The molecule has 8 nitrogen and oxygen atoms in total. The van der Waals surface area contributed by atoms with Gasteiger partial charge in [0.05, 0.1) is 11.4 Å². The molecular weight excluding hydrogens is 368 g/mol. The average molecular weight is 390 g/mol. The largest absolute Gasteiger partial charge is 0.355 e. The van der Waals surface area contributed by atoms with E-state index in [0.29, 0.717) is 18.7 Å². The molecule has 9 heteroatoms. The number of benzene rings is 1. The summed E-state index contributed by atoms with van der Waals surface area (Å²) in [6, 6.07) is 11.3. The maximum atomic E-state index is 12.5. The number of likely N-dealkylation sites (N-methyl/N-ethyl adjacent to an activating group) is 1. The van der Waals surface area contributed by atoms with Gasteiger partial charge in [0, 0.05) is 44.5 Å². The van der Waals surface area contributed by atoms with Crippen molar-refractivity contribution in [1.29, 1.82) is 0 Å². The highest BCUT2D eigenvalue weighted by Gasteiger charge is 2.22. The quantitative estimate of drug-likeness (QED) is 0.700. The minimum atomic E-state index is -3.81. The van der Waals surface area contributed by atoms with E-state index in [2.05, 4.69) is 15.6 Å². The average Bonchev–Trinajstić information content (AvgIpc) is 2.62. The molecule has 2 rings (SSSR count). The number of aromatic nitrogens is 1. The zero-order chi connectivity index (χ0) is 19.9. The van der Waals surface area contributed by atoms with Gasteiger partial charge in [-0.2, -0.15) is 4.31 Å². The lowest BCUT2D eigenvalue weighted by Gasteiger charge is -2.17.